The number of nitrogens with zero attached hydrogens (tertiary/aromatic N) is 1. The Hall–Kier alpha value is -1.00. The molecule has 3 nitrogen and oxygen atoms in total. The lowest BCUT2D eigenvalue weighted by atomic mass is 10.2. The molecular formula is C12H17N3S. The molecule has 0 bridgehead atoms. The van der Waals surface area contributed by atoms with E-state index in [1.165, 1.54) is 35.2 Å². The van der Waals surface area contributed by atoms with Gasteiger partial charge in [0.25, 0.3) is 0 Å². The molecule has 1 heterocycles. The lowest BCUT2D eigenvalue weighted by molar-refractivity contribution is 0.770. The maximum Gasteiger partial charge on any atom is 0.0443 e. The van der Waals surface area contributed by atoms with Crippen molar-refractivity contribution in [1.29, 1.82) is 0 Å². The van der Waals surface area contributed by atoms with Crippen molar-refractivity contribution in [3.05, 3.63) is 29.8 Å². The Labute approximate surface area is 101 Å². The highest BCUT2D eigenvalue weighted by Gasteiger charge is 2.10. The van der Waals surface area contributed by atoms with E-state index in [9.17, 15) is 0 Å². The second kappa shape index (κ2) is 5.92. The summed E-state index contributed by atoms with van der Waals surface area (Å²) in [5.41, 5.74) is 1.28. The molecule has 1 aliphatic heterocycles. The molecule has 0 radical (unpaired) electrons. The van der Waals surface area contributed by atoms with Gasteiger partial charge in [-0.3, -0.25) is 0 Å². The SMILES string of the molecule is Cc1ccc(SN/N=C/[C@H]2CCCN2)cc1. The van der Waals surface area contributed by atoms with Crippen molar-refractivity contribution >= 4 is 18.2 Å². The number of aryl methyl sites for hydroxylation is 1. The Morgan fingerprint density at radius 3 is 2.94 bits per heavy atom. The molecule has 86 valence electrons. The van der Waals surface area contributed by atoms with Crippen LogP contribution in [-0.4, -0.2) is 18.8 Å². The van der Waals surface area contributed by atoms with Crippen LogP contribution in [0.15, 0.2) is 34.3 Å². The molecule has 1 atom stereocenters. The van der Waals surface area contributed by atoms with Crippen LogP contribution in [0.4, 0.5) is 0 Å². The van der Waals surface area contributed by atoms with E-state index >= 15 is 0 Å². The zero-order valence-corrected chi connectivity index (χ0v) is 10.3. The van der Waals surface area contributed by atoms with Crippen LogP contribution in [-0.2, 0) is 0 Å². The maximum atomic E-state index is 4.20. The van der Waals surface area contributed by atoms with Gasteiger partial charge in [-0.2, -0.15) is 5.10 Å². The highest BCUT2D eigenvalue weighted by molar-refractivity contribution is 7.97. The van der Waals surface area contributed by atoms with Crippen LogP contribution in [0.3, 0.4) is 0 Å². The summed E-state index contributed by atoms with van der Waals surface area (Å²) in [7, 11) is 0. The molecule has 16 heavy (non-hydrogen) atoms. The van der Waals surface area contributed by atoms with Crippen LogP contribution in [0, 0.1) is 6.92 Å². The molecule has 0 amide bonds. The monoisotopic (exact) mass is 235 g/mol. The fourth-order valence-electron chi connectivity index (χ4n) is 1.64. The summed E-state index contributed by atoms with van der Waals surface area (Å²) in [6.45, 7) is 3.20. The second-order valence-electron chi connectivity index (χ2n) is 3.99. The van der Waals surface area contributed by atoms with E-state index in [-0.39, 0.29) is 0 Å². The number of hydrazone groups is 1. The molecule has 1 aromatic carbocycles. The molecule has 4 heteroatoms. The topological polar surface area (TPSA) is 36.4 Å². The van der Waals surface area contributed by atoms with Gasteiger partial charge in [0.2, 0.25) is 0 Å². The van der Waals surface area contributed by atoms with Crippen molar-refractivity contribution in [1.82, 2.24) is 10.1 Å². The number of nitrogens with one attached hydrogen (secondary N) is 2. The molecule has 2 rings (SSSR count). The van der Waals surface area contributed by atoms with Gasteiger partial charge in [-0.15, -0.1) is 0 Å². The van der Waals surface area contributed by atoms with Gasteiger partial charge in [0.1, 0.15) is 0 Å². The number of benzene rings is 1. The predicted molar refractivity (Wildman–Crippen MR) is 69.7 cm³/mol. The van der Waals surface area contributed by atoms with Crippen LogP contribution >= 0.6 is 11.9 Å². The number of rotatable bonds is 4. The van der Waals surface area contributed by atoms with Gasteiger partial charge in [-0.05, 0) is 38.4 Å². The van der Waals surface area contributed by atoms with Gasteiger partial charge in [0.15, 0.2) is 0 Å². The molecule has 0 aromatic heterocycles. The standard InChI is InChI=1S/C12H17N3S/c1-10-4-6-12(7-5-10)16-15-14-9-11-3-2-8-13-11/h4-7,9,11,13,15H,2-3,8H2,1H3/b14-9+/t11-/m1/s1. The van der Waals surface area contributed by atoms with E-state index in [1.807, 2.05) is 6.21 Å². The van der Waals surface area contributed by atoms with Gasteiger partial charge in [-0.25, -0.2) is 4.83 Å². The van der Waals surface area contributed by atoms with E-state index in [0.29, 0.717) is 6.04 Å². The molecule has 0 unspecified atom stereocenters. The number of hydrogen-bond acceptors (Lipinski definition) is 4. The van der Waals surface area contributed by atoms with E-state index in [2.05, 4.69) is 46.4 Å². The average Bonchev–Trinajstić information content (AvgIpc) is 2.80. The summed E-state index contributed by atoms with van der Waals surface area (Å²) in [5.74, 6) is 0. The predicted octanol–water partition coefficient (Wildman–Crippen LogP) is 2.33. The average molecular weight is 235 g/mol. The van der Waals surface area contributed by atoms with Crippen LogP contribution in [0.1, 0.15) is 18.4 Å². The largest absolute Gasteiger partial charge is 0.309 e. The summed E-state index contributed by atoms with van der Waals surface area (Å²) in [6, 6.07) is 8.84. The zero-order chi connectivity index (χ0) is 11.2. The fourth-order valence-corrected chi connectivity index (χ4v) is 2.14. The fraction of sp³-hybridized carbons (Fsp3) is 0.417. The van der Waals surface area contributed by atoms with E-state index in [0.717, 1.165) is 6.54 Å². The second-order valence-corrected chi connectivity index (χ2v) is 4.85. The van der Waals surface area contributed by atoms with Gasteiger partial charge in [-0.1, -0.05) is 17.7 Å². The minimum Gasteiger partial charge on any atom is -0.309 e. The summed E-state index contributed by atoms with van der Waals surface area (Å²) in [4.78, 5) is 4.18. The highest BCUT2D eigenvalue weighted by Crippen LogP contribution is 2.14. The summed E-state index contributed by atoms with van der Waals surface area (Å²) in [5, 5.41) is 7.56. The third-order valence-electron chi connectivity index (χ3n) is 2.59. The Kier molecular flexibility index (Phi) is 4.25. The smallest absolute Gasteiger partial charge is 0.0443 e. The van der Waals surface area contributed by atoms with Crippen molar-refractivity contribution < 1.29 is 0 Å². The van der Waals surface area contributed by atoms with Crippen molar-refractivity contribution in [2.24, 2.45) is 5.10 Å². The minimum atomic E-state index is 0.450. The van der Waals surface area contributed by atoms with E-state index < -0.39 is 0 Å². The molecular weight excluding hydrogens is 218 g/mol. The van der Waals surface area contributed by atoms with Crippen molar-refractivity contribution in [2.45, 2.75) is 30.7 Å². The van der Waals surface area contributed by atoms with Crippen molar-refractivity contribution in [3.63, 3.8) is 0 Å². The Bertz CT molecular complexity index is 342. The van der Waals surface area contributed by atoms with Crippen LogP contribution in [0.2, 0.25) is 0 Å². The summed E-state index contributed by atoms with van der Waals surface area (Å²) < 4.78 is 0. The minimum absolute atomic E-state index is 0.450. The molecule has 1 saturated heterocycles. The first kappa shape index (κ1) is 11.5. The highest BCUT2D eigenvalue weighted by atomic mass is 32.2. The molecule has 1 fully saturated rings. The third kappa shape index (κ3) is 3.54. The first-order valence-electron chi connectivity index (χ1n) is 5.60. The van der Waals surface area contributed by atoms with E-state index in [1.54, 1.807) is 0 Å². The van der Waals surface area contributed by atoms with Crippen LogP contribution < -0.4 is 10.1 Å². The molecule has 1 aromatic rings. The molecule has 2 N–H and O–H groups in total. The Morgan fingerprint density at radius 2 is 2.25 bits per heavy atom. The maximum absolute atomic E-state index is 4.20. The Morgan fingerprint density at radius 1 is 1.44 bits per heavy atom. The quantitative estimate of drug-likeness (QED) is 0.478. The Balaban J connectivity index is 1.72. The zero-order valence-electron chi connectivity index (χ0n) is 9.44. The van der Waals surface area contributed by atoms with E-state index in [4.69, 9.17) is 0 Å². The van der Waals surface area contributed by atoms with Gasteiger partial charge in [0.05, 0.1) is 0 Å². The molecule has 1 aliphatic rings. The van der Waals surface area contributed by atoms with Crippen LogP contribution in [0.25, 0.3) is 0 Å². The van der Waals surface area contributed by atoms with Crippen molar-refractivity contribution in [3.8, 4) is 0 Å². The number of hydrogen-bond donors (Lipinski definition) is 2. The van der Waals surface area contributed by atoms with Crippen LogP contribution in [0.5, 0.6) is 0 Å². The first-order valence-corrected chi connectivity index (χ1v) is 6.41. The summed E-state index contributed by atoms with van der Waals surface area (Å²) >= 11 is 1.54. The van der Waals surface area contributed by atoms with Gasteiger partial charge in [0, 0.05) is 29.1 Å². The summed E-state index contributed by atoms with van der Waals surface area (Å²) in [6.07, 6.45) is 4.40. The lowest BCUT2D eigenvalue weighted by Crippen LogP contribution is -2.23. The molecule has 0 saturated carbocycles. The third-order valence-corrected chi connectivity index (χ3v) is 3.29. The van der Waals surface area contributed by atoms with Gasteiger partial charge >= 0.3 is 0 Å². The molecule has 0 spiro atoms. The lowest BCUT2D eigenvalue weighted by Gasteiger charge is -2.03. The first-order chi connectivity index (χ1) is 7.84. The normalized spacial score (nSPS) is 20.4. The van der Waals surface area contributed by atoms with Gasteiger partial charge < -0.3 is 5.32 Å². The molecule has 0 aliphatic carbocycles. The van der Waals surface area contributed by atoms with Crippen molar-refractivity contribution in [2.75, 3.05) is 6.54 Å².